The first kappa shape index (κ1) is 19.4. The molecule has 0 bridgehead atoms. The minimum absolute atomic E-state index is 0.0725. The number of likely N-dealkylation sites (tertiary alicyclic amines) is 1. The van der Waals surface area contributed by atoms with Crippen molar-refractivity contribution in [2.45, 2.75) is 19.4 Å². The summed E-state index contributed by atoms with van der Waals surface area (Å²) in [7, 11) is 1.32. The maximum Gasteiger partial charge on any atom is 0.337 e. The van der Waals surface area contributed by atoms with Crippen LogP contribution >= 0.6 is 11.6 Å². The summed E-state index contributed by atoms with van der Waals surface area (Å²) >= 11 is 6.19. The zero-order valence-electron chi connectivity index (χ0n) is 15.3. The van der Waals surface area contributed by atoms with Crippen molar-refractivity contribution in [2.75, 3.05) is 25.5 Å². The number of carbonyl (C=O) groups excluding carboxylic acids is 2. The molecular formula is C21H23ClN2O3. The number of piperidine rings is 1. The van der Waals surface area contributed by atoms with Crippen LogP contribution in [0.2, 0.25) is 5.02 Å². The number of carbonyl (C=O) groups is 2. The Balaban J connectivity index is 1.64. The number of rotatable bonds is 5. The van der Waals surface area contributed by atoms with Crippen LogP contribution in [0.1, 0.15) is 28.8 Å². The maximum atomic E-state index is 12.8. The Morgan fingerprint density at radius 2 is 2.00 bits per heavy atom. The van der Waals surface area contributed by atoms with E-state index in [0.29, 0.717) is 22.8 Å². The lowest BCUT2D eigenvalue weighted by atomic mass is 9.96. The van der Waals surface area contributed by atoms with Gasteiger partial charge in [-0.3, -0.25) is 9.69 Å². The summed E-state index contributed by atoms with van der Waals surface area (Å²) in [6.45, 7) is 2.52. The second-order valence-electron chi connectivity index (χ2n) is 6.74. The van der Waals surface area contributed by atoms with E-state index in [4.69, 9.17) is 16.3 Å². The van der Waals surface area contributed by atoms with Crippen molar-refractivity contribution in [1.29, 1.82) is 0 Å². The van der Waals surface area contributed by atoms with Gasteiger partial charge in [0.25, 0.3) is 0 Å². The first-order valence-corrected chi connectivity index (χ1v) is 9.39. The van der Waals surface area contributed by atoms with Crippen LogP contribution in [0.25, 0.3) is 0 Å². The molecule has 1 saturated heterocycles. The molecule has 1 amide bonds. The lowest BCUT2D eigenvalue weighted by molar-refractivity contribution is -0.121. The third-order valence-electron chi connectivity index (χ3n) is 4.77. The highest BCUT2D eigenvalue weighted by Crippen LogP contribution is 2.26. The fourth-order valence-electron chi connectivity index (χ4n) is 3.36. The second kappa shape index (κ2) is 9.02. The summed E-state index contributed by atoms with van der Waals surface area (Å²) in [6, 6.07) is 15.0. The molecule has 27 heavy (non-hydrogen) atoms. The topological polar surface area (TPSA) is 58.6 Å². The van der Waals surface area contributed by atoms with Gasteiger partial charge in [0, 0.05) is 13.1 Å². The van der Waals surface area contributed by atoms with Crippen LogP contribution in [0.15, 0.2) is 48.5 Å². The normalized spacial score (nSPS) is 17.3. The Labute approximate surface area is 164 Å². The van der Waals surface area contributed by atoms with Gasteiger partial charge in [-0.1, -0.05) is 41.9 Å². The molecule has 3 rings (SSSR count). The van der Waals surface area contributed by atoms with Crippen molar-refractivity contribution in [3.8, 4) is 0 Å². The first-order chi connectivity index (χ1) is 13.1. The Morgan fingerprint density at radius 1 is 1.22 bits per heavy atom. The van der Waals surface area contributed by atoms with E-state index >= 15 is 0 Å². The van der Waals surface area contributed by atoms with Gasteiger partial charge in [-0.05, 0) is 43.1 Å². The number of benzene rings is 2. The van der Waals surface area contributed by atoms with Crippen molar-refractivity contribution in [2.24, 2.45) is 5.92 Å². The van der Waals surface area contributed by atoms with E-state index in [1.165, 1.54) is 12.7 Å². The van der Waals surface area contributed by atoms with Crippen molar-refractivity contribution < 1.29 is 14.3 Å². The minimum atomic E-state index is -0.464. The smallest absolute Gasteiger partial charge is 0.337 e. The van der Waals surface area contributed by atoms with Gasteiger partial charge in [0.05, 0.1) is 29.3 Å². The standard InChI is InChI=1S/C21H23ClN2O3/c1-27-21(26)16-9-10-18(22)19(12-16)23-20(25)17-8-5-11-24(14-17)13-15-6-3-2-4-7-15/h2-4,6-7,9-10,12,17H,5,8,11,13-14H2,1H3,(H,23,25). The van der Waals surface area contributed by atoms with Crippen molar-refractivity contribution in [3.63, 3.8) is 0 Å². The van der Waals surface area contributed by atoms with Gasteiger partial charge in [0.15, 0.2) is 0 Å². The average molecular weight is 387 g/mol. The molecule has 0 aromatic heterocycles. The van der Waals surface area contributed by atoms with Gasteiger partial charge in [0.2, 0.25) is 5.91 Å². The van der Waals surface area contributed by atoms with Gasteiger partial charge in [-0.25, -0.2) is 4.79 Å². The third kappa shape index (κ3) is 5.08. The van der Waals surface area contributed by atoms with Crippen LogP contribution in [-0.2, 0) is 16.1 Å². The summed E-state index contributed by atoms with van der Waals surface area (Å²) < 4.78 is 4.72. The highest BCUT2D eigenvalue weighted by Gasteiger charge is 2.26. The zero-order chi connectivity index (χ0) is 19.2. The molecule has 0 aliphatic carbocycles. The number of ether oxygens (including phenoxy) is 1. The molecule has 142 valence electrons. The summed E-state index contributed by atoms with van der Waals surface area (Å²) in [5, 5.41) is 3.27. The number of nitrogens with zero attached hydrogens (tertiary/aromatic N) is 1. The van der Waals surface area contributed by atoms with Gasteiger partial charge in [-0.15, -0.1) is 0 Å². The maximum absolute atomic E-state index is 12.8. The van der Waals surface area contributed by atoms with Crippen LogP contribution < -0.4 is 5.32 Å². The Morgan fingerprint density at radius 3 is 2.74 bits per heavy atom. The van der Waals surface area contributed by atoms with E-state index in [9.17, 15) is 9.59 Å². The zero-order valence-corrected chi connectivity index (χ0v) is 16.0. The van der Waals surface area contributed by atoms with Crippen LogP contribution in [0.5, 0.6) is 0 Å². The third-order valence-corrected chi connectivity index (χ3v) is 5.10. The Kier molecular flexibility index (Phi) is 6.48. The molecule has 2 aromatic carbocycles. The molecule has 1 unspecified atom stereocenters. The molecular weight excluding hydrogens is 364 g/mol. The molecule has 5 nitrogen and oxygen atoms in total. The van der Waals surface area contributed by atoms with Gasteiger partial charge in [0.1, 0.15) is 0 Å². The van der Waals surface area contributed by atoms with Crippen molar-refractivity contribution >= 4 is 29.2 Å². The molecule has 0 saturated carbocycles. The molecule has 1 aliphatic heterocycles. The van der Waals surface area contributed by atoms with Gasteiger partial charge < -0.3 is 10.1 Å². The molecule has 0 spiro atoms. The predicted octanol–water partition coefficient (Wildman–Crippen LogP) is 3.98. The number of halogens is 1. The van der Waals surface area contributed by atoms with Crippen LogP contribution in [0.4, 0.5) is 5.69 Å². The van der Waals surface area contributed by atoms with E-state index < -0.39 is 5.97 Å². The second-order valence-corrected chi connectivity index (χ2v) is 7.14. The quantitative estimate of drug-likeness (QED) is 0.790. The lowest BCUT2D eigenvalue weighted by Crippen LogP contribution is -2.40. The number of esters is 1. The molecule has 1 heterocycles. The average Bonchev–Trinajstić information content (AvgIpc) is 2.70. The summed E-state index contributed by atoms with van der Waals surface area (Å²) in [4.78, 5) is 26.8. The molecule has 0 radical (unpaired) electrons. The number of hydrogen-bond donors (Lipinski definition) is 1. The highest BCUT2D eigenvalue weighted by molar-refractivity contribution is 6.33. The van der Waals surface area contributed by atoms with E-state index in [1.54, 1.807) is 18.2 Å². The number of methoxy groups -OCH3 is 1. The van der Waals surface area contributed by atoms with Crippen molar-refractivity contribution in [1.82, 2.24) is 4.90 Å². The van der Waals surface area contributed by atoms with E-state index in [0.717, 1.165) is 25.9 Å². The molecule has 1 aliphatic rings. The van der Waals surface area contributed by atoms with E-state index in [2.05, 4.69) is 22.3 Å². The highest BCUT2D eigenvalue weighted by atomic mass is 35.5. The number of hydrogen-bond acceptors (Lipinski definition) is 4. The summed E-state index contributed by atoms with van der Waals surface area (Å²) in [5.41, 5.74) is 2.03. The van der Waals surface area contributed by atoms with Crippen molar-refractivity contribution in [3.05, 3.63) is 64.7 Å². The van der Waals surface area contributed by atoms with Crippen LogP contribution in [0, 0.1) is 5.92 Å². The van der Waals surface area contributed by atoms with Crippen LogP contribution in [-0.4, -0.2) is 37.0 Å². The number of anilines is 1. The number of nitrogens with one attached hydrogen (secondary N) is 1. The number of amides is 1. The Bertz CT molecular complexity index is 810. The predicted molar refractivity (Wildman–Crippen MR) is 106 cm³/mol. The van der Waals surface area contributed by atoms with Gasteiger partial charge >= 0.3 is 5.97 Å². The lowest BCUT2D eigenvalue weighted by Gasteiger charge is -2.32. The molecule has 6 heteroatoms. The van der Waals surface area contributed by atoms with Crippen LogP contribution in [0.3, 0.4) is 0 Å². The fraction of sp³-hybridized carbons (Fsp3) is 0.333. The largest absolute Gasteiger partial charge is 0.465 e. The molecule has 2 aromatic rings. The fourth-order valence-corrected chi connectivity index (χ4v) is 3.52. The van der Waals surface area contributed by atoms with Gasteiger partial charge in [-0.2, -0.15) is 0 Å². The summed E-state index contributed by atoms with van der Waals surface area (Å²) in [6.07, 6.45) is 1.81. The first-order valence-electron chi connectivity index (χ1n) is 9.02. The Hall–Kier alpha value is -2.37. The molecule has 1 fully saturated rings. The summed E-state index contributed by atoms with van der Waals surface area (Å²) in [5.74, 6) is -0.647. The molecule has 1 atom stereocenters. The SMILES string of the molecule is COC(=O)c1ccc(Cl)c(NC(=O)C2CCCN(Cc3ccccc3)C2)c1. The monoisotopic (exact) mass is 386 g/mol. The minimum Gasteiger partial charge on any atom is -0.465 e. The van der Waals surface area contributed by atoms with E-state index in [1.807, 2.05) is 18.2 Å². The molecule has 1 N–H and O–H groups in total. The van der Waals surface area contributed by atoms with E-state index in [-0.39, 0.29) is 11.8 Å².